The molecule has 1 aromatic rings. The smallest absolute Gasteiger partial charge is 0.241 e. The summed E-state index contributed by atoms with van der Waals surface area (Å²) in [4.78, 5) is 11.6. The van der Waals surface area contributed by atoms with E-state index in [0.29, 0.717) is 12.8 Å². The highest BCUT2D eigenvalue weighted by atomic mass is 16.3. The zero-order chi connectivity index (χ0) is 11.7. The van der Waals surface area contributed by atoms with Crippen molar-refractivity contribution in [1.82, 2.24) is 15.1 Å². The normalized spacial score (nSPS) is 23.9. The molecule has 5 nitrogen and oxygen atoms in total. The van der Waals surface area contributed by atoms with Crippen molar-refractivity contribution in [1.29, 1.82) is 0 Å². The molecule has 88 valence electrons. The molecule has 0 bridgehead atoms. The van der Waals surface area contributed by atoms with Crippen LogP contribution in [0.2, 0.25) is 0 Å². The molecule has 1 aliphatic rings. The number of amides is 1. The molecule has 1 heterocycles. The maximum atomic E-state index is 11.6. The summed E-state index contributed by atoms with van der Waals surface area (Å²) in [6.07, 6.45) is 1.10. The second-order valence-electron chi connectivity index (χ2n) is 4.47. The Kier molecular flexibility index (Phi) is 2.96. The molecule has 0 aromatic carbocycles. The number of rotatable bonds is 3. The second kappa shape index (κ2) is 4.25. The average Bonchev–Trinajstić information content (AvgIpc) is 2.42. The maximum Gasteiger partial charge on any atom is 0.241 e. The van der Waals surface area contributed by atoms with Gasteiger partial charge >= 0.3 is 0 Å². The predicted octanol–water partition coefficient (Wildman–Crippen LogP) is 0.139. The third-order valence-electron chi connectivity index (χ3n) is 2.88. The van der Waals surface area contributed by atoms with Crippen LogP contribution >= 0.6 is 0 Å². The quantitative estimate of drug-likeness (QED) is 0.766. The first kappa shape index (κ1) is 11.1. The van der Waals surface area contributed by atoms with E-state index in [1.165, 1.54) is 0 Å². The number of aliphatic hydroxyl groups is 1. The molecule has 1 saturated carbocycles. The van der Waals surface area contributed by atoms with Gasteiger partial charge in [-0.15, -0.1) is 0 Å². The first-order valence-electron chi connectivity index (χ1n) is 5.53. The number of nitrogens with zero attached hydrogens (tertiary/aromatic N) is 2. The Morgan fingerprint density at radius 1 is 1.62 bits per heavy atom. The predicted molar refractivity (Wildman–Crippen MR) is 58.9 cm³/mol. The fourth-order valence-corrected chi connectivity index (χ4v) is 1.95. The first-order chi connectivity index (χ1) is 7.54. The molecule has 1 aliphatic carbocycles. The van der Waals surface area contributed by atoms with E-state index >= 15 is 0 Å². The van der Waals surface area contributed by atoms with Crippen molar-refractivity contribution >= 4 is 5.91 Å². The van der Waals surface area contributed by atoms with Crippen molar-refractivity contribution in [3.8, 4) is 0 Å². The molecular formula is C11H17N3O2. The molecule has 5 heteroatoms. The summed E-state index contributed by atoms with van der Waals surface area (Å²) in [5.74, 6) is -0.0388. The fourth-order valence-electron chi connectivity index (χ4n) is 1.95. The van der Waals surface area contributed by atoms with Gasteiger partial charge in [-0.25, -0.2) is 0 Å². The van der Waals surface area contributed by atoms with E-state index in [-0.39, 0.29) is 24.6 Å². The highest BCUT2D eigenvalue weighted by molar-refractivity contribution is 5.76. The van der Waals surface area contributed by atoms with Gasteiger partial charge in [-0.1, -0.05) is 0 Å². The van der Waals surface area contributed by atoms with E-state index in [1.807, 2.05) is 19.9 Å². The maximum absolute atomic E-state index is 11.6. The van der Waals surface area contributed by atoms with Crippen LogP contribution in [0.15, 0.2) is 6.07 Å². The molecule has 1 fully saturated rings. The Hall–Kier alpha value is -1.36. The summed E-state index contributed by atoms with van der Waals surface area (Å²) < 4.78 is 1.69. The monoisotopic (exact) mass is 223 g/mol. The highest BCUT2D eigenvalue weighted by Crippen LogP contribution is 2.19. The lowest BCUT2D eigenvalue weighted by Gasteiger charge is -2.31. The topological polar surface area (TPSA) is 67.2 Å². The van der Waals surface area contributed by atoms with Gasteiger partial charge in [0.25, 0.3) is 0 Å². The van der Waals surface area contributed by atoms with Crippen LogP contribution in [-0.2, 0) is 11.3 Å². The summed E-state index contributed by atoms with van der Waals surface area (Å²) in [5, 5.41) is 16.2. The van der Waals surface area contributed by atoms with Crippen LogP contribution in [0.1, 0.15) is 24.2 Å². The third-order valence-corrected chi connectivity index (χ3v) is 2.88. The van der Waals surface area contributed by atoms with Gasteiger partial charge in [-0.05, 0) is 32.8 Å². The molecule has 0 spiro atoms. The van der Waals surface area contributed by atoms with Crippen LogP contribution in [0.25, 0.3) is 0 Å². The van der Waals surface area contributed by atoms with Crippen LogP contribution in [0, 0.1) is 13.8 Å². The van der Waals surface area contributed by atoms with Gasteiger partial charge in [-0.2, -0.15) is 5.10 Å². The Labute approximate surface area is 94.5 Å². The average molecular weight is 223 g/mol. The molecule has 2 rings (SSSR count). The molecule has 0 saturated heterocycles. The van der Waals surface area contributed by atoms with Gasteiger partial charge in [0, 0.05) is 11.7 Å². The molecule has 16 heavy (non-hydrogen) atoms. The van der Waals surface area contributed by atoms with Crippen molar-refractivity contribution in [2.45, 2.75) is 45.4 Å². The number of aromatic nitrogens is 2. The van der Waals surface area contributed by atoms with Crippen molar-refractivity contribution in [2.24, 2.45) is 0 Å². The summed E-state index contributed by atoms with van der Waals surface area (Å²) in [6.45, 7) is 4.09. The molecule has 0 atom stereocenters. The Morgan fingerprint density at radius 2 is 2.31 bits per heavy atom. The molecule has 0 unspecified atom stereocenters. The third kappa shape index (κ3) is 2.41. The van der Waals surface area contributed by atoms with Gasteiger partial charge in [0.2, 0.25) is 5.91 Å². The Morgan fingerprint density at radius 3 is 2.81 bits per heavy atom. The van der Waals surface area contributed by atoms with E-state index < -0.39 is 0 Å². The van der Waals surface area contributed by atoms with Crippen LogP contribution in [0.4, 0.5) is 0 Å². The van der Waals surface area contributed by atoms with Crippen LogP contribution in [0.3, 0.4) is 0 Å². The van der Waals surface area contributed by atoms with Crippen molar-refractivity contribution in [3.05, 3.63) is 17.5 Å². The fraction of sp³-hybridized carbons (Fsp3) is 0.636. The van der Waals surface area contributed by atoms with E-state index in [2.05, 4.69) is 10.4 Å². The molecular weight excluding hydrogens is 206 g/mol. The molecule has 1 aromatic heterocycles. The molecule has 2 N–H and O–H groups in total. The number of hydrogen-bond donors (Lipinski definition) is 2. The summed E-state index contributed by atoms with van der Waals surface area (Å²) in [7, 11) is 0. The van der Waals surface area contributed by atoms with E-state index in [4.69, 9.17) is 5.11 Å². The second-order valence-corrected chi connectivity index (χ2v) is 4.47. The minimum atomic E-state index is -0.237. The van der Waals surface area contributed by atoms with Gasteiger partial charge in [0.15, 0.2) is 0 Å². The van der Waals surface area contributed by atoms with Crippen LogP contribution in [-0.4, -0.2) is 32.9 Å². The van der Waals surface area contributed by atoms with Gasteiger partial charge < -0.3 is 10.4 Å². The Bertz CT molecular complexity index is 394. The number of carbonyl (C=O) groups is 1. The van der Waals surface area contributed by atoms with Crippen molar-refractivity contribution in [2.75, 3.05) is 0 Å². The largest absolute Gasteiger partial charge is 0.393 e. The molecule has 0 aliphatic heterocycles. The number of aryl methyl sites for hydroxylation is 2. The van der Waals surface area contributed by atoms with Crippen LogP contribution in [0.5, 0.6) is 0 Å². The lowest BCUT2D eigenvalue weighted by molar-refractivity contribution is -0.123. The van der Waals surface area contributed by atoms with Crippen LogP contribution < -0.4 is 5.32 Å². The lowest BCUT2D eigenvalue weighted by Crippen LogP contribution is -2.47. The number of aliphatic hydroxyl groups excluding tert-OH is 1. The zero-order valence-corrected chi connectivity index (χ0v) is 9.60. The van der Waals surface area contributed by atoms with Gasteiger partial charge in [0.1, 0.15) is 6.54 Å². The van der Waals surface area contributed by atoms with E-state index in [0.717, 1.165) is 11.4 Å². The molecule has 1 amide bonds. The summed E-state index contributed by atoms with van der Waals surface area (Å²) >= 11 is 0. The zero-order valence-electron chi connectivity index (χ0n) is 9.60. The lowest BCUT2D eigenvalue weighted by atomic mass is 9.89. The number of carbonyl (C=O) groups excluding carboxylic acids is 1. The minimum absolute atomic E-state index is 0.0388. The summed E-state index contributed by atoms with van der Waals surface area (Å²) in [6, 6.07) is 2.08. The first-order valence-corrected chi connectivity index (χ1v) is 5.53. The Balaban J connectivity index is 1.85. The SMILES string of the molecule is Cc1cc(C)n(CC(=O)NC2CC(O)C2)n1. The summed E-state index contributed by atoms with van der Waals surface area (Å²) in [5.41, 5.74) is 1.91. The number of hydrogen-bond acceptors (Lipinski definition) is 3. The van der Waals surface area contributed by atoms with E-state index in [1.54, 1.807) is 4.68 Å². The molecule has 0 radical (unpaired) electrons. The highest BCUT2D eigenvalue weighted by Gasteiger charge is 2.28. The van der Waals surface area contributed by atoms with Crippen molar-refractivity contribution < 1.29 is 9.90 Å². The van der Waals surface area contributed by atoms with Gasteiger partial charge in [0.05, 0.1) is 11.8 Å². The van der Waals surface area contributed by atoms with E-state index in [9.17, 15) is 4.79 Å². The standard InChI is InChI=1S/C11H17N3O2/c1-7-3-8(2)14(13-7)6-11(16)12-9-4-10(15)5-9/h3,9-10,15H,4-6H2,1-2H3,(H,12,16). The number of nitrogens with one attached hydrogen (secondary N) is 1. The van der Waals surface area contributed by atoms with Crippen molar-refractivity contribution in [3.63, 3.8) is 0 Å². The minimum Gasteiger partial charge on any atom is -0.393 e. The van der Waals surface area contributed by atoms with Gasteiger partial charge in [-0.3, -0.25) is 9.48 Å².